The smallest absolute Gasteiger partial charge is 0.314 e. The molecule has 2 heterocycles. The molecule has 1 atom stereocenters. The van der Waals surface area contributed by atoms with E-state index in [-0.39, 0.29) is 6.03 Å². The van der Waals surface area contributed by atoms with Gasteiger partial charge in [-0.1, -0.05) is 23.5 Å². The highest BCUT2D eigenvalue weighted by atomic mass is 32.1. The van der Waals surface area contributed by atoms with Crippen molar-refractivity contribution < 1.29 is 9.53 Å². The lowest BCUT2D eigenvalue weighted by molar-refractivity contribution is 0.185. The molecule has 7 heteroatoms. The van der Waals surface area contributed by atoms with Crippen molar-refractivity contribution in [1.82, 2.24) is 15.6 Å². The van der Waals surface area contributed by atoms with Crippen molar-refractivity contribution in [2.75, 3.05) is 38.2 Å². The largest absolute Gasteiger partial charge is 0.381 e. The first kappa shape index (κ1) is 15.1. The van der Waals surface area contributed by atoms with Crippen molar-refractivity contribution in [3.63, 3.8) is 0 Å². The summed E-state index contributed by atoms with van der Waals surface area (Å²) >= 11 is 1.62. The first-order valence-corrected chi connectivity index (χ1v) is 8.32. The quantitative estimate of drug-likeness (QED) is 0.712. The second-order valence-electron chi connectivity index (χ2n) is 5.28. The number of carbonyl (C=O) groups excluding carboxylic acids is 1. The molecule has 0 bridgehead atoms. The van der Waals surface area contributed by atoms with Crippen LogP contribution in [0.4, 0.5) is 9.93 Å². The number of aromatic nitrogens is 1. The third-order valence-corrected chi connectivity index (χ3v) is 4.55. The lowest BCUT2D eigenvalue weighted by Gasteiger charge is -2.10. The molecule has 2 aromatic rings. The Balaban J connectivity index is 1.33. The van der Waals surface area contributed by atoms with E-state index in [1.165, 1.54) is 0 Å². The van der Waals surface area contributed by atoms with Crippen LogP contribution in [0.25, 0.3) is 10.2 Å². The Morgan fingerprint density at radius 1 is 1.32 bits per heavy atom. The third-order valence-electron chi connectivity index (χ3n) is 3.56. The molecule has 1 aliphatic heterocycles. The van der Waals surface area contributed by atoms with Crippen molar-refractivity contribution in [2.24, 2.45) is 5.92 Å². The number of hydrogen-bond donors (Lipinski definition) is 3. The molecule has 22 heavy (non-hydrogen) atoms. The number of amides is 2. The van der Waals surface area contributed by atoms with E-state index < -0.39 is 0 Å². The summed E-state index contributed by atoms with van der Waals surface area (Å²) in [5.74, 6) is 0.451. The summed E-state index contributed by atoms with van der Waals surface area (Å²) in [5.41, 5.74) is 1.000. The minimum atomic E-state index is -0.127. The second-order valence-corrected chi connectivity index (χ2v) is 6.31. The Labute approximate surface area is 133 Å². The lowest BCUT2D eigenvalue weighted by atomic mass is 10.1. The maximum Gasteiger partial charge on any atom is 0.314 e. The summed E-state index contributed by atoms with van der Waals surface area (Å²) in [7, 11) is 0. The third kappa shape index (κ3) is 4.08. The van der Waals surface area contributed by atoms with Gasteiger partial charge in [-0.05, 0) is 18.6 Å². The number of nitrogens with one attached hydrogen (secondary N) is 3. The monoisotopic (exact) mass is 320 g/mol. The highest BCUT2D eigenvalue weighted by molar-refractivity contribution is 7.22. The average molecular weight is 320 g/mol. The zero-order valence-corrected chi connectivity index (χ0v) is 13.1. The molecule has 3 rings (SSSR count). The molecular weight excluding hydrogens is 300 g/mol. The molecule has 2 amide bonds. The summed E-state index contributed by atoms with van der Waals surface area (Å²) in [6.07, 6.45) is 1.03. The maximum atomic E-state index is 11.6. The fourth-order valence-electron chi connectivity index (χ4n) is 2.34. The Morgan fingerprint density at radius 2 is 2.23 bits per heavy atom. The number of para-hydroxylation sites is 1. The standard InChI is InChI=1S/C15H20N4O2S/c20-14(18-9-11-5-8-21-10-11)16-6-7-17-15-19-12-3-1-2-4-13(12)22-15/h1-4,11H,5-10H2,(H,17,19)(H2,16,18,20)/t11-/m0/s1. The average Bonchev–Trinajstić information content (AvgIpc) is 3.18. The van der Waals surface area contributed by atoms with Gasteiger partial charge in [0.25, 0.3) is 0 Å². The number of carbonyl (C=O) groups is 1. The van der Waals surface area contributed by atoms with E-state index in [0.29, 0.717) is 25.6 Å². The fourth-order valence-corrected chi connectivity index (χ4v) is 3.23. The summed E-state index contributed by atoms with van der Waals surface area (Å²) in [6.45, 7) is 3.44. The van der Waals surface area contributed by atoms with Gasteiger partial charge >= 0.3 is 6.03 Å². The number of fused-ring (bicyclic) bond motifs is 1. The number of ether oxygens (including phenoxy) is 1. The van der Waals surface area contributed by atoms with E-state index in [1.54, 1.807) is 11.3 Å². The number of urea groups is 1. The lowest BCUT2D eigenvalue weighted by Crippen LogP contribution is -2.40. The van der Waals surface area contributed by atoms with E-state index in [9.17, 15) is 4.79 Å². The summed E-state index contributed by atoms with van der Waals surface area (Å²) in [6, 6.07) is 7.91. The van der Waals surface area contributed by atoms with Crippen molar-refractivity contribution in [3.8, 4) is 0 Å². The van der Waals surface area contributed by atoms with Crippen LogP contribution in [-0.4, -0.2) is 43.9 Å². The molecule has 6 nitrogen and oxygen atoms in total. The molecule has 3 N–H and O–H groups in total. The fraction of sp³-hybridized carbons (Fsp3) is 0.467. The summed E-state index contributed by atoms with van der Waals surface area (Å²) in [4.78, 5) is 16.1. The number of nitrogens with zero attached hydrogens (tertiary/aromatic N) is 1. The molecule has 1 aromatic heterocycles. The number of rotatable bonds is 6. The van der Waals surface area contributed by atoms with Crippen LogP contribution in [0, 0.1) is 5.92 Å². The molecule has 1 fully saturated rings. The molecule has 0 unspecified atom stereocenters. The zero-order valence-electron chi connectivity index (χ0n) is 12.3. The summed E-state index contributed by atoms with van der Waals surface area (Å²) < 4.78 is 6.44. The van der Waals surface area contributed by atoms with Crippen LogP contribution in [0.1, 0.15) is 6.42 Å². The van der Waals surface area contributed by atoms with E-state index >= 15 is 0 Å². The Bertz CT molecular complexity index is 592. The van der Waals surface area contributed by atoms with Crippen molar-refractivity contribution in [2.45, 2.75) is 6.42 Å². The van der Waals surface area contributed by atoms with E-state index in [2.05, 4.69) is 27.0 Å². The van der Waals surface area contributed by atoms with Gasteiger partial charge < -0.3 is 20.7 Å². The predicted octanol–water partition coefficient (Wildman–Crippen LogP) is 2.04. The molecule has 0 spiro atoms. The number of benzene rings is 1. The molecule has 118 valence electrons. The molecule has 0 aliphatic carbocycles. The predicted molar refractivity (Wildman–Crippen MR) is 88.4 cm³/mol. The molecule has 0 saturated carbocycles. The van der Waals surface area contributed by atoms with Gasteiger partial charge in [0.1, 0.15) is 0 Å². The SMILES string of the molecule is O=C(NCCNc1nc2ccccc2s1)NC[C@@H]1CCOC1. The molecule has 1 saturated heterocycles. The highest BCUT2D eigenvalue weighted by Gasteiger charge is 2.15. The van der Waals surface area contributed by atoms with Gasteiger partial charge in [-0.25, -0.2) is 9.78 Å². The maximum absolute atomic E-state index is 11.6. The first-order valence-electron chi connectivity index (χ1n) is 7.50. The van der Waals surface area contributed by atoms with E-state index in [1.807, 2.05) is 18.2 Å². The van der Waals surface area contributed by atoms with Gasteiger partial charge in [0.15, 0.2) is 5.13 Å². The number of anilines is 1. The minimum Gasteiger partial charge on any atom is -0.381 e. The highest BCUT2D eigenvalue weighted by Crippen LogP contribution is 2.24. The van der Waals surface area contributed by atoms with Crippen LogP contribution in [0.2, 0.25) is 0 Å². The van der Waals surface area contributed by atoms with Crippen LogP contribution in [0.15, 0.2) is 24.3 Å². The van der Waals surface area contributed by atoms with E-state index in [4.69, 9.17) is 4.74 Å². The van der Waals surface area contributed by atoms with Gasteiger partial charge in [0, 0.05) is 32.2 Å². The minimum absolute atomic E-state index is 0.127. The molecular formula is C15H20N4O2S. The van der Waals surface area contributed by atoms with Gasteiger partial charge in [0.05, 0.1) is 16.8 Å². The van der Waals surface area contributed by atoms with Gasteiger partial charge in [0.2, 0.25) is 0 Å². The van der Waals surface area contributed by atoms with Crippen molar-refractivity contribution in [3.05, 3.63) is 24.3 Å². The Kier molecular flexibility index (Phi) is 5.07. The van der Waals surface area contributed by atoms with Gasteiger partial charge in [-0.15, -0.1) is 0 Å². The van der Waals surface area contributed by atoms with Crippen LogP contribution < -0.4 is 16.0 Å². The summed E-state index contributed by atoms with van der Waals surface area (Å²) in [5, 5.41) is 9.82. The normalized spacial score (nSPS) is 17.5. The topological polar surface area (TPSA) is 75.3 Å². The molecule has 0 radical (unpaired) electrons. The zero-order chi connectivity index (χ0) is 15.2. The van der Waals surface area contributed by atoms with Crippen LogP contribution in [-0.2, 0) is 4.74 Å². The van der Waals surface area contributed by atoms with Crippen LogP contribution >= 0.6 is 11.3 Å². The van der Waals surface area contributed by atoms with Crippen LogP contribution in [0.5, 0.6) is 0 Å². The second kappa shape index (κ2) is 7.42. The van der Waals surface area contributed by atoms with Crippen molar-refractivity contribution >= 4 is 32.7 Å². The number of hydrogen-bond acceptors (Lipinski definition) is 5. The van der Waals surface area contributed by atoms with Crippen molar-refractivity contribution in [1.29, 1.82) is 0 Å². The Morgan fingerprint density at radius 3 is 3.05 bits per heavy atom. The van der Waals surface area contributed by atoms with Crippen LogP contribution in [0.3, 0.4) is 0 Å². The molecule has 1 aromatic carbocycles. The van der Waals surface area contributed by atoms with Gasteiger partial charge in [-0.2, -0.15) is 0 Å². The Hall–Kier alpha value is -1.86. The molecule has 1 aliphatic rings. The van der Waals surface area contributed by atoms with Gasteiger partial charge in [-0.3, -0.25) is 0 Å². The first-order chi connectivity index (χ1) is 10.8. The number of thiazole rings is 1. The van der Waals surface area contributed by atoms with E-state index in [0.717, 1.165) is 35.0 Å².